The van der Waals surface area contributed by atoms with E-state index in [0.29, 0.717) is 40.9 Å². The van der Waals surface area contributed by atoms with Crippen molar-refractivity contribution in [3.63, 3.8) is 0 Å². The second-order valence-electron chi connectivity index (χ2n) is 12.4. The van der Waals surface area contributed by atoms with E-state index in [1.807, 2.05) is 18.7 Å². The number of anilines is 2. The van der Waals surface area contributed by atoms with Gasteiger partial charge in [0.2, 0.25) is 5.95 Å². The zero-order valence-electron chi connectivity index (χ0n) is 26.9. The molecule has 1 fully saturated rings. The summed E-state index contributed by atoms with van der Waals surface area (Å²) in [4.78, 5) is 19.9. The normalized spacial score (nSPS) is 19.3. The van der Waals surface area contributed by atoms with E-state index < -0.39 is 61.9 Å². The molecule has 3 N–H and O–H groups in total. The number of benzene rings is 3. The maximum atomic E-state index is 16.1. The quantitative estimate of drug-likeness (QED) is 0.124. The maximum absolute atomic E-state index is 16.1. The van der Waals surface area contributed by atoms with E-state index in [-0.39, 0.29) is 35.6 Å². The number of halogens is 6. The molecule has 0 amide bonds. The molecular weight excluding hydrogens is 688 g/mol. The van der Waals surface area contributed by atoms with Crippen LogP contribution in [0.1, 0.15) is 61.8 Å². The summed E-state index contributed by atoms with van der Waals surface area (Å²) in [6.07, 6.45) is -1.33. The summed E-state index contributed by atoms with van der Waals surface area (Å²) in [6, 6.07) is 6.91. The zero-order valence-corrected chi connectivity index (χ0v) is 27.7. The molecule has 1 unspecified atom stereocenters. The molecule has 1 heterocycles. The summed E-state index contributed by atoms with van der Waals surface area (Å²) in [5, 5.41) is 7.19. The number of esters is 1. The first-order valence-corrected chi connectivity index (χ1v) is 17.5. The third kappa shape index (κ3) is 7.08. The number of nitrogens with zero attached hydrogens (tertiary/aromatic N) is 2. The van der Waals surface area contributed by atoms with Gasteiger partial charge in [-0.2, -0.15) is 13.2 Å². The summed E-state index contributed by atoms with van der Waals surface area (Å²) in [7, 11) is -2.84. The molecule has 2 aliphatic rings. The highest BCUT2D eigenvalue weighted by Crippen LogP contribution is 2.41. The fourth-order valence-electron chi connectivity index (χ4n) is 6.68. The van der Waals surface area contributed by atoms with Gasteiger partial charge in [-0.05, 0) is 111 Å². The number of carbonyl (C=O) groups is 1. The number of carbonyl (C=O) groups excluding carboxylic acids is 1. The van der Waals surface area contributed by atoms with E-state index in [0.717, 1.165) is 43.9 Å². The van der Waals surface area contributed by atoms with E-state index >= 15 is 8.78 Å². The Morgan fingerprint density at radius 2 is 1.72 bits per heavy atom. The first kappa shape index (κ1) is 35.4. The minimum Gasteiger partial charge on any atom is -0.451 e. The smallest absolute Gasteiger partial charge is 0.451 e. The van der Waals surface area contributed by atoms with Crippen molar-refractivity contribution >= 4 is 38.5 Å². The lowest BCUT2D eigenvalue weighted by molar-refractivity contribution is -0.205. The molecule has 0 saturated heterocycles. The predicted octanol–water partition coefficient (Wildman–Crippen LogP) is 7.11. The Morgan fingerprint density at radius 3 is 2.40 bits per heavy atom. The Kier molecular flexibility index (Phi) is 9.70. The van der Waals surface area contributed by atoms with Crippen LogP contribution in [0.2, 0.25) is 0 Å². The molecule has 1 atom stereocenters. The Balaban J connectivity index is 1.30. The van der Waals surface area contributed by atoms with Gasteiger partial charge in [0.15, 0.2) is 5.82 Å². The predicted molar refractivity (Wildman–Crippen MR) is 173 cm³/mol. The first-order chi connectivity index (χ1) is 23.7. The number of hydrogen-bond donors (Lipinski definition) is 3. The van der Waals surface area contributed by atoms with Crippen molar-refractivity contribution in [2.24, 2.45) is 0 Å². The molecule has 266 valence electrons. The molecule has 9 nitrogen and oxygen atoms in total. The van der Waals surface area contributed by atoms with Gasteiger partial charge in [0.1, 0.15) is 17.7 Å². The summed E-state index contributed by atoms with van der Waals surface area (Å²) in [5.41, 5.74) is -0.178. The number of rotatable bonds is 9. The van der Waals surface area contributed by atoms with Gasteiger partial charge in [-0.15, -0.1) is 0 Å². The van der Waals surface area contributed by atoms with Gasteiger partial charge in [0.25, 0.3) is 10.0 Å². The Bertz CT molecular complexity index is 2070. The van der Waals surface area contributed by atoms with Crippen LogP contribution in [0, 0.1) is 17.5 Å². The van der Waals surface area contributed by atoms with Gasteiger partial charge >= 0.3 is 12.1 Å². The second-order valence-corrected chi connectivity index (χ2v) is 14.0. The van der Waals surface area contributed by atoms with Gasteiger partial charge in [0.05, 0.1) is 21.7 Å². The number of hydrogen-bond acceptors (Lipinski definition) is 8. The molecule has 2 aliphatic carbocycles. The van der Waals surface area contributed by atoms with Crippen LogP contribution in [0.3, 0.4) is 0 Å². The third-order valence-electron chi connectivity index (χ3n) is 9.22. The number of nitrogens with one attached hydrogen (secondary N) is 3. The topological polar surface area (TPSA) is 122 Å². The molecule has 0 spiro atoms. The highest BCUT2D eigenvalue weighted by atomic mass is 32.2. The van der Waals surface area contributed by atoms with Gasteiger partial charge in [-0.3, -0.25) is 4.72 Å². The SMILES string of the molecule is CCc1cc(-c2c(F)ccc(NS(=O)(=O)c3cc(F)cc4c3CCC4OC(=O)C(F)(F)F)c2F)cc2cnc(NC3CCC(NC)CC3)nc12. The summed E-state index contributed by atoms with van der Waals surface area (Å²) in [5.74, 6) is -5.44. The van der Waals surface area contributed by atoms with Crippen LogP contribution in [0.15, 0.2) is 47.5 Å². The van der Waals surface area contributed by atoms with Crippen LogP contribution >= 0.6 is 0 Å². The first-order valence-electron chi connectivity index (χ1n) is 16.0. The monoisotopic (exact) mass is 721 g/mol. The van der Waals surface area contributed by atoms with Crippen molar-refractivity contribution in [3.8, 4) is 11.1 Å². The van der Waals surface area contributed by atoms with Gasteiger partial charge in [-0.25, -0.2) is 36.4 Å². The van der Waals surface area contributed by atoms with Crippen LogP contribution in [-0.4, -0.2) is 49.7 Å². The van der Waals surface area contributed by atoms with Crippen molar-refractivity contribution < 1.29 is 44.3 Å². The van der Waals surface area contributed by atoms with Crippen LogP contribution < -0.4 is 15.4 Å². The van der Waals surface area contributed by atoms with Crippen LogP contribution in [0.4, 0.5) is 38.0 Å². The largest absolute Gasteiger partial charge is 0.490 e. The molecule has 50 heavy (non-hydrogen) atoms. The van der Waals surface area contributed by atoms with Gasteiger partial charge < -0.3 is 15.4 Å². The number of aromatic nitrogens is 2. The van der Waals surface area contributed by atoms with E-state index in [1.165, 1.54) is 6.07 Å². The minimum atomic E-state index is -5.31. The lowest BCUT2D eigenvalue weighted by Gasteiger charge is -2.28. The number of fused-ring (bicyclic) bond motifs is 2. The Labute approximate surface area is 283 Å². The van der Waals surface area contributed by atoms with Crippen molar-refractivity contribution in [1.82, 2.24) is 15.3 Å². The molecule has 0 radical (unpaired) electrons. The lowest BCUT2D eigenvalue weighted by atomic mass is 9.91. The fourth-order valence-corrected chi connectivity index (χ4v) is 8.05. The maximum Gasteiger partial charge on any atom is 0.490 e. The molecule has 3 aromatic carbocycles. The second kappa shape index (κ2) is 13.7. The number of alkyl halides is 3. The van der Waals surface area contributed by atoms with Crippen molar-refractivity contribution in [1.29, 1.82) is 0 Å². The molecule has 4 aromatic rings. The molecule has 6 rings (SSSR count). The standard InChI is InChI=1S/C34H33F6N5O4S/c1-3-17-12-18(13-19-16-42-33(44-31(17)19)43-22-6-4-21(41-2)5-7-22)29-25(36)9-10-26(30(29)37)45-50(47,48)28-15-20(35)14-24-23(28)8-11-27(24)49-32(46)34(38,39)40/h9-10,12-16,21-22,27,41,45H,3-8,11H2,1-2H3,(H,42,43,44). The van der Waals surface area contributed by atoms with E-state index in [1.54, 1.807) is 12.3 Å². The molecule has 0 bridgehead atoms. The van der Waals surface area contributed by atoms with Crippen molar-refractivity contribution in [2.45, 2.75) is 81.1 Å². The molecule has 0 aliphatic heterocycles. The number of sulfonamides is 1. The Morgan fingerprint density at radius 1 is 1.00 bits per heavy atom. The zero-order chi connectivity index (χ0) is 36.0. The van der Waals surface area contributed by atoms with Gasteiger partial charge in [0, 0.05) is 23.7 Å². The average Bonchev–Trinajstić information content (AvgIpc) is 3.47. The summed E-state index contributed by atoms with van der Waals surface area (Å²) < 4.78 is 118. The van der Waals surface area contributed by atoms with Crippen LogP contribution in [0.5, 0.6) is 0 Å². The fraction of sp³-hybridized carbons (Fsp3) is 0.382. The molecular formula is C34H33F6N5O4S. The molecule has 1 aromatic heterocycles. The van der Waals surface area contributed by atoms with Crippen molar-refractivity contribution in [3.05, 3.63) is 76.7 Å². The summed E-state index contributed by atoms with van der Waals surface area (Å²) in [6.45, 7) is 1.86. The molecule has 16 heteroatoms. The van der Waals surface area contributed by atoms with E-state index in [2.05, 4.69) is 20.4 Å². The van der Waals surface area contributed by atoms with E-state index in [4.69, 9.17) is 4.98 Å². The summed E-state index contributed by atoms with van der Waals surface area (Å²) >= 11 is 0. The third-order valence-corrected chi connectivity index (χ3v) is 10.6. The molecule has 1 saturated carbocycles. The lowest BCUT2D eigenvalue weighted by Crippen LogP contribution is -2.35. The van der Waals surface area contributed by atoms with E-state index in [9.17, 15) is 30.8 Å². The van der Waals surface area contributed by atoms with Gasteiger partial charge in [-0.1, -0.05) is 6.92 Å². The van der Waals surface area contributed by atoms with Crippen LogP contribution in [-0.2, 0) is 32.4 Å². The number of ether oxygens (including phenoxy) is 1. The van der Waals surface area contributed by atoms with Crippen LogP contribution in [0.25, 0.3) is 22.0 Å². The number of aryl methyl sites for hydroxylation is 1. The highest BCUT2D eigenvalue weighted by molar-refractivity contribution is 7.92. The highest BCUT2D eigenvalue weighted by Gasteiger charge is 2.44. The average molecular weight is 722 g/mol. The minimum absolute atomic E-state index is 0.0942. The Hall–Kier alpha value is -4.44. The van der Waals surface area contributed by atoms with Crippen molar-refractivity contribution in [2.75, 3.05) is 17.1 Å².